The van der Waals surface area contributed by atoms with E-state index in [1.54, 1.807) is 10.9 Å². The van der Waals surface area contributed by atoms with Gasteiger partial charge in [-0.05, 0) is 41.3 Å². The summed E-state index contributed by atoms with van der Waals surface area (Å²) < 4.78 is 1.75. The summed E-state index contributed by atoms with van der Waals surface area (Å²) in [5.41, 5.74) is 4.13. The van der Waals surface area contributed by atoms with Crippen LogP contribution >= 0.6 is 0 Å². The Bertz CT molecular complexity index is 937. The molecule has 1 atom stereocenters. The van der Waals surface area contributed by atoms with Crippen LogP contribution in [-0.2, 0) is 17.9 Å². The molecule has 6 nitrogen and oxygen atoms in total. The lowest BCUT2D eigenvalue weighted by atomic mass is 9.89. The van der Waals surface area contributed by atoms with E-state index in [4.69, 9.17) is 0 Å². The minimum absolute atomic E-state index is 0.489. The molecule has 0 saturated carbocycles. The summed E-state index contributed by atoms with van der Waals surface area (Å²) in [7, 11) is 0. The Morgan fingerprint density at radius 2 is 2.15 bits per heavy atom. The lowest BCUT2D eigenvalue weighted by molar-refractivity contribution is -0.139. The monoisotopic (exact) mass is 348 g/mol. The quantitative estimate of drug-likeness (QED) is 0.785. The van der Waals surface area contributed by atoms with Gasteiger partial charge in [-0.2, -0.15) is 5.10 Å². The molecule has 132 valence electrons. The van der Waals surface area contributed by atoms with E-state index in [1.807, 2.05) is 49.6 Å². The fraction of sp³-hybridized carbons (Fsp3) is 0.250. The third-order valence-corrected chi connectivity index (χ3v) is 4.80. The standard InChI is InChI=1S/C20H20N4O2/c1-14-9-15(10-21-19(14)24-8-4-7-22-24)11-23-12-16-5-2-3-6-17(16)18(13-23)20(25)26/h2-10,18H,11-13H2,1H3,(H,25,26). The highest BCUT2D eigenvalue weighted by molar-refractivity contribution is 5.77. The number of aromatic nitrogens is 3. The summed E-state index contributed by atoms with van der Waals surface area (Å²) in [5.74, 6) is -0.450. The summed E-state index contributed by atoms with van der Waals surface area (Å²) in [6.45, 7) is 3.94. The lowest BCUT2D eigenvalue weighted by Crippen LogP contribution is -2.36. The molecule has 26 heavy (non-hydrogen) atoms. The molecule has 6 heteroatoms. The molecule has 1 aliphatic rings. The van der Waals surface area contributed by atoms with Crippen molar-refractivity contribution in [3.63, 3.8) is 0 Å². The fourth-order valence-electron chi connectivity index (χ4n) is 3.62. The van der Waals surface area contributed by atoms with Crippen molar-refractivity contribution in [3.05, 3.63) is 77.2 Å². The predicted octanol–water partition coefficient (Wildman–Crippen LogP) is 2.76. The summed E-state index contributed by atoms with van der Waals surface area (Å²) in [6.07, 6.45) is 5.45. The van der Waals surface area contributed by atoms with Crippen LogP contribution in [0.5, 0.6) is 0 Å². The van der Waals surface area contributed by atoms with Crippen LogP contribution in [0.1, 0.15) is 28.2 Å². The summed E-state index contributed by atoms with van der Waals surface area (Å²) in [5, 5.41) is 13.8. The van der Waals surface area contributed by atoms with Crippen molar-refractivity contribution >= 4 is 5.97 Å². The first-order chi connectivity index (χ1) is 12.6. The molecule has 0 spiro atoms. The van der Waals surface area contributed by atoms with Gasteiger partial charge in [0.05, 0.1) is 5.92 Å². The average Bonchev–Trinajstić information content (AvgIpc) is 3.15. The number of pyridine rings is 1. The van der Waals surface area contributed by atoms with Gasteiger partial charge in [-0.1, -0.05) is 24.3 Å². The number of hydrogen-bond donors (Lipinski definition) is 1. The number of nitrogens with zero attached hydrogens (tertiary/aromatic N) is 4. The van der Waals surface area contributed by atoms with E-state index in [-0.39, 0.29) is 0 Å². The van der Waals surface area contributed by atoms with Gasteiger partial charge >= 0.3 is 5.97 Å². The van der Waals surface area contributed by atoms with Gasteiger partial charge in [0, 0.05) is 38.2 Å². The Hall–Kier alpha value is -2.99. The van der Waals surface area contributed by atoms with Gasteiger partial charge in [0.25, 0.3) is 0 Å². The SMILES string of the molecule is Cc1cc(CN2Cc3ccccc3C(C(=O)O)C2)cnc1-n1cccn1. The molecule has 0 fully saturated rings. The van der Waals surface area contributed by atoms with Crippen LogP contribution in [0.2, 0.25) is 0 Å². The molecule has 3 heterocycles. The van der Waals surface area contributed by atoms with E-state index in [9.17, 15) is 9.90 Å². The van der Waals surface area contributed by atoms with E-state index in [2.05, 4.69) is 21.0 Å². The van der Waals surface area contributed by atoms with Gasteiger partial charge in [0.1, 0.15) is 0 Å². The maximum atomic E-state index is 11.7. The Kier molecular flexibility index (Phi) is 4.26. The van der Waals surface area contributed by atoms with Gasteiger partial charge < -0.3 is 5.11 Å². The number of carboxylic acids is 1. The minimum atomic E-state index is -0.773. The largest absolute Gasteiger partial charge is 0.481 e. The van der Waals surface area contributed by atoms with Crippen LogP contribution in [0.3, 0.4) is 0 Å². The second-order valence-electron chi connectivity index (χ2n) is 6.69. The number of carboxylic acid groups (broad SMARTS) is 1. The van der Waals surface area contributed by atoms with E-state index in [0.29, 0.717) is 13.1 Å². The predicted molar refractivity (Wildman–Crippen MR) is 97.0 cm³/mol. The highest BCUT2D eigenvalue weighted by Gasteiger charge is 2.30. The van der Waals surface area contributed by atoms with Crippen molar-refractivity contribution in [2.75, 3.05) is 6.54 Å². The molecule has 0 aliphatic carbocycles. The maximum Gasteiger partial charge on any atom is 0.312 e. The Balaban J connectivity index is 1.56. The Labute approximate surface area is 151 Å². The highest BCUT2D eigenvalue weighted by atomic mass is 16.4. The zero-order valence-electron chi connectivity index (χ0n) is 14.5. The van der Waals surface area contributed by atoms with E-state index < -0.39 is 11.9 Å². The van der Waals surface area contributed by atoms with Crippen molar-refractivity contribution in [2.24, 2.45) is 0 Å². The Morgan fingerprint density at radius 1 is 1.31 bits per heavy atom. The molecule has 0 bridgehead atoms. The second kappa shape index (κ2) is 6.72. The third kappa shape index (κ3) is 3.11. The molecule has 1 unspecified atom stereocenters. The van der Waals surface area contributed by atoms with Gasteiger partial charge in [0.2, 0.25) is 0 Å². The first kappa shape index (κ1) is 16.5. The van der Waals surface area contributed by atoms with Crippen LogP contribution in [0.15, 0.2) is 55.0 Å². The van der Waals surface area contributed by atoms with Crippen molar-refractivity contribution < 1.29 is 9.90 Å². The maximum absolute atomic E-state index is 11.7. The molecule has 1 aromatic carbocycles. The van der Waals surface area contributed by atoms with Gasteiger partial charge in [-0.3, -0.25) is 9.69 Å². The van der Waals surface area contributed by atoms with Crippen LogP contribution in [0.25, 0.3) is 5.82 Å². The highest BCUT2D eigenvalue weighted by Crippen LogP contribution is 2.29. The summed E-state index contributed by atoms with van der Waals surface area (Å²) in [6, 6.07) is 11.8. The smallest absolute Gasteiger partial charge is 0.312 e. The molecular formula is C20H20N4O2. The first-order valence-corrected chi connectivity index (χ1v) is 8.60. The molecule has 2 aromatic heterocycles. The number of carbonyl (C=O) groups is 1. The first-order valence-electron chi connectivity index (χ1n) is 8.60. The summed E-state index contributed by atoms with van der Waals surface area (Å²) in [4.78, 5) is 18.4. The molecule has 4 rings (SSSR count). The topological polar surface area (TPSA) is 71.2 Å². The second-order valence-corrected chi connectivity index (χ2v) is 6.69. The molecule has 0 radical (unpaired) electrons. The normalized spacial score (nSPS) is 17.0. The van der Waals surface area contributed by atoms with Crippen molar-refractivity contribution in [2.45, 2.75) is 25.9 Å². The zero-order valence-corrected chi connectivity index (χ0v) is 14.5. The number of aryl methyl sites for hydroxylation is 1. The minimum Gasteiger partial charge on any atom is -0.481 e. The summed E-state index contributed by atoms with van der Waals surface area (Å²) >= 11 is 0. The van der Waals surface area contributed by atoms with Gasteiger partial charge in [-0.25, -0.2) is 9.67 Å². The van der Waals surface area contributed by atoms with Gasteiger partial charge in [-0.15, -0.1) is 0 Å². The lowest BCUT2D eigenvalue weighted by Gasteiger charge is -2.32. The number of rotatable bonds is 4. The number of hydrogen-bond acceptors (Lipinski definition) is 4. The van der Waals surface area contributed by atoms with Crippen molar-refractivity contribution in [1.29, 1.82) is 0 Å². The van der Waals surface area contributed by atoms with Crippen LogP contribution in [-0.4, -0.2) is 37.3 Å². The zero-order chi connectivity index (χ0) is 18.1. The van der Waals surface area contributed by atoms with E-state index in [0.717, 1.165) is 34.6 Å². The number of aliphatic carboxylic acids is 1. The number of fused-ring (bicyclic) bond motifs is 1. The van der Waals surface area contributed by atoms with E-state index >= 15 is 0 Å². The molecule has 1 aliphatic heterocycles. The molecular weight excluding hydrogens is 328 g/mol. The van der Waals surface area contributed by atoms with Crippen molar-refractivity contribution in [3.8, 4) is 5.82 Å². The average molecular weight is 348 g/mol. The number of benzene rings is 1. The van der Waals surface area contributed by atoms with Gasteiger partial charge in [0.15, 0.2) is 5.82 Å². The third-order valence-electron chi connectivity index (χ3n) is 4.80. The van der Waals surface area contributed by atoms with Crippen molar-refractivity contribution in [1.82, 2.24) is 19.7 Å². The molecule has 0 saturated heterocycles. The van der Waals surface area contributed by atoms with Crippen LogP contribution in [0, 0.1) is 6.92 Å². The van der Waals surface area contributed by atoms with Crippen LogP contribution < -0.4 is 0 Å². The Morgan fingerprint density at radius 3 is 2.88 bits per heavy atom. The molecule has 0 amide bonds. The van der Waals surface area contributed by atoms with E-state index in [1.165, 1.54) is 0 Å². The fourth-order valence-corrected chi connectivity index (χ4v) is 3.62. The molecule has 1 N–H and O–H groups in total. The molecule has 3 aromatic rings. The van der Waals surface area contributed by atoms with Crippen LogP contribution in [0.4, 0.5) is 0 Å².